The normalized spacial score (nSPS) is 12.6. The third-order valence-electron chi connectivity index (χ3n) is 5.11. The monoisotopic (exact) mass is 337 g/mol. The fraction of sp³-hybridized carbons (Fsp3) is 0.160. The van der Waals surface area contributed by atoms with E-state index in [2.05, 4.69) is 73.1 Å². The molecule has 26 heavy (non-hydrogen) atoms. The number of benzene rings is 2. The fourth-order valence-corrected chi connectivity index (χ4v) is 3.59. The third kappa shape index (κ3) is 3.39. The largest absolute Gasteiger partial charge is 0.264 e. The van der Waals surface area contributed by atoms with Crippen LogP contribution in [0.15, 0.2) is 73.6 Å². The first-order valence-electron chi connectivity index (χ1n) is 9.23. The van der Waals surface area contributed by atoms with Gasteiger partial charge >= 0.3 is 0 Å². The van der Waals surface area contributed by atoms with Crippen molar-refractivity contribution < 1.29 is 0 Å². The average molecular weight is 337 g/mol. The second-order valence-corrected chi connectivity index (χ2v) is 6.96. The number of allylic oxidation sites excluding steroid dienone is 2. The Bertz CT molecular complexity index is 980. The fourth-order valence-electron chi connectivity index (χ4n) is 3.59. The maximum Gasteiger partial charge on any atom is 0.0343 e. The van der Waals surface area contributed by atoms with E-state index in [1.54, 1.807) is 0 Å². The minimum absolute atomic E-state index is 0.885. The summed E-state index contributed by atoms with van der Waals surface area (Å²) < 4.78 is 0. The standard InChI is InChI=1S/C25H23N/c1-3-19-6-4-7-21(13-19)18(2)12-20-9-10-22-15-25(16-24(22)14-20)23-8-5-11-26-17-23/h4-11,13-14,16-17H,2-3,12,15H2,1H3. The van der Waals surface area contributed by atoms with Gasteiger partial charge in [0.15, 0.2) is 0 Å². The SMILES string of the molecule is C=C(Cc1ccc2c(c1)C=C(c1cccnc1)C2)c1cccc(CC)c1. The molecule has 0 atom stereocenters. The first-order chi connectivity index (χ1) is 12.7. The van der Waals surface area contributed by atoms with Gasteiger partial charge in [-0.25, -0.2) is 0 Å². The number of hydrogen-bond acceptors (Lipinski definition) is 1. The van der Waals surface area contributed by atoms with Gasteiger partial charge in [0, 0.05) is 12.4 Å². The smallest absolute Gasteiger partial charge is 0.0343 e. The first kappa shape index (κ1) is 16.5. The number of rotatable bonds is 5. The lowest BCUT2D eigenvalue weighted by Crippen LogP contribution is -1.93. The van der Waals surface area contributed by atoms with Crippen LogP contribution in [0.25, 0.3) is 17.2 Å². The molecule has 3 aromatic rings. The van der Waals surface area contributed by atoms with Crippen molar-refractivity contribution in [2.45, 2.75) is 26.2 Å². The molecule has 1 nitrogen and oxygen atoms in total. The number of fused-ring (bicyclic) bond motifs is 1. The zero-order valence-electron chi connectivity index (χ0n) is 15.2. The van der Waals surface area contributed by atoms with Crippen molar-refractivity contribution in [2.75, 3.05) is 0 Å². The highest BCUT2D eigenvalue weighted by Crippen LogP contribution is 2.32. The maximum absolute atomic E-state index is 4.33. The number of pyridine rings is 1. The Labute approximate surface area is 155 Å². The van der Waals surface area contributed by atoms with Crippen molar-refractivity contribution in [3.63, 3.8) is 0 Å². The Hall–Kier alpha value is -2.93. The number of aryl methyl sites for hydroxylation is 1. The lowest BCUT2D eigenvalue weighted by molar-refractivity contribution is 1.13. The molecule has 0 amide bonds. The molecule has 0 bridgehead atoms. The second kappa shape index (κ2) is 7.13. The van der Waals surface area contributed by atoms with E-state index < -0.39 is 0 Å². The molecule has 1 heterocycles. The van der Waals surface area contributed by atoms with Crippen LogP contribution in [-0.2, 0) is 19.3 Å². The molecular formula is C25H23N. The molecule has 0 unspecified atom stereocenters. The van der Waals surface area contributed by atoms with E-state index in [4.69, 9.17) is 0 Å². The molecule has 0 spiro atoms. The molecule has 2 aromatic carbocycles. The summed E-state index contributed by atoms with van der Waals surface area (Å²) in [5.41, 5.74) is 10.4. The zero-order chi connectivity index (χ0) is 17.9. The Morgan fingerprint density at radius 2 is 1.96 bits per heavy atom. The van der Waals surface area contributed by atoms with E-state index in [1.165, 1.54) is 44.5 Å². The van der Waals surface area contributed by atoms with Crippen LogP contribution in [0, 0.1) is 0 Å². The molecular weight excluding hydrogens is 314 g/mol. The molecule has 0 radical (unpaired) electrons. The van der Waals surface area contributed by atoms with Crippen molar-refractivity contribution in [3.05, 3.63) is 107 Å². The summed E-state index contributed by atoms with van der Waals surface area (Å²) in [5.74, 6) is 0. The van der Waals surface area contributed by atoms with Gasteiger partial charge in [0.2, 0.25) is 0 Å². The van der Waals surface area contributed by atoms with E-state index in [0.29, 0.717) is 0 Å². The summed E-state index contributed by atoms with van der Waals surface area (Å²) in [4.78, 5) is 4.24. The van der Waals surface area contributed by atoms with Crippen LogP contribution in [0.3, 0.4) is 0 Å². The van der Waals surface area contributed by atoms with Crippen molar-refractivity contribution in [1.82, 2.24) is 4.98 Å². The van der Waals surface area contributed by atoms with Crippen molar-refractivity contribution in [1.29, 1.82) is 0 Å². The van der Waals surface area contributed by atoms with Crippen LogP contribution in [0.4, 0.5) is 0 Å². The van der Waals surface area contributed by atoms with Crippen LogP contribution in [-0.4, -0.2) is 4.98 Å². The molecule has 0 N–H and O–H groups in total. The summed E-state index contributed by atoms with van der Waals surface area (Å²) in [6, 6.07) is 19.7. The van der Waals surface area contributed by atoms with E-state index in [-0.39, 0.29) is 0 Å². The second-order valence-electron chi connectivity index (χ2n) is 6.96. The van der Waals surface area contributed by atoms with Gasteiger partial charge in [0.05, 0.1) is 0 Å². The molecule has 128 valence electrons. The molecule has 0 aliphatic heterocycles. The Morgan fingerprint density at radius 1 is 1.04 bits per heavy atom. The Kier molecular flexibility index (Phi) is 4.53. The van der Waals surface area contributed by atoms with Gasteiger partial charge in [0.25, 0.3) is 0 Å². The lowest BCUT2D eigenvalue weighted by Gasteiger charge is -2.09. The zero-order valence-corrected chi connectivity index (χ0v) is 15.2. The highest BCUT2D eigenvalue weighted by molar-refractivity contribution is 5.88. The summed E-state index contributed by atoms with van der Waals surface area (Å²) in [5, 5.41) is 0. The summed E-state index contributed by atoms with van der Waals surface area (Å²) in [6.45, 7) is 6.52. The predicted molar refractivity (Wildman–Crippen MR) is 111 cm³/mol. The molecule has 4 rings (SSSR count). The first-order valence-corrected chi connectivity index (χ1v) is 9.23. The van der Waals surface area contributed by atoms with Crippen LogP contribution in [0.2, 0.25) is 0 Å². The van der Waals surface area contributed by atoms with E-state index in [0.717, 1.165) is 19.3 Å². The Morgan fingerprint density at radius 3 is 2.77 bits per heavy atom. The quantitative estimate of drug-likeness (QED) is 0.556. The van der Waals surface area contributed by atoms with Crippen molar-refractivity contribution in [3.8, 4) is 0 Å². The predicted octanol–water partition coefficient (Wildman–Crippen LogP) is 6.00. The van der Waals surface area contributed by atoms with Gasteiger partial charge in [-0.15, -0.1) is 0 Å². The molecule has 1 aliphatic rings. The van der Waals surface area contributed by atoms with Crippen molar-refractivity contribution >= 4 is 17.2 Å². The van der Waals surface area contributed by atoms with E-state index >= 15 is 0 Å². The maximum atomic E-state index is 4.33. The van der Waals surface area contributed by atoms with Crippen molar-refractivity contribution in [2.24, 2.45) is 0 Å². The highest BCUT2D eigenvalue weighted by atomic mass is 14.6. The van der Waals surface area contributed by atoms with Crippen LogP contribution in [0.1, 0.15) is 40.3 Å². The van der Waals surface area contributed by atoms with Crippen LogP contribution >= 0.6 is 0 Å². The van der Waals surface area contributed by atoms with Gasteiger partial charge in [-0.1, -0.05) is 68.1 Å². The van der Waals surface area contributed by atoms with Gasteiger partial charge in [-0.05, 0) is 69.9 Å². The highest BCUT2D eigenvalue weighted by Gasteiger charge is 2.15. The van der Waals surface area contributed by atoms with Gasteiger partial charge in [0.1, 0.15) is 0 Å². The number of aromatic nitrogens is 1. The van der Waals surface area contributed by atoms with E-state index in [1.807, 2.05) is 18.5 Å². The lowest BCUT2D eigenvalue weighted by atomic mass is 9.96. The average Bonchev–Trinajstić information content (AvgIpc) is 3.12. The van der Waals surface area contributed by atoms with Gasteiger partial charge in [-0.3, -0.25) is 4.98 Å². The van der Waals surface area contributed by atoms with Gasteiger partial charge < -0.3 is 0 Å². The topological polar surface area (TPSA) is 12.9 Å². The number of hydrogen-bond donors (Lipinski definition) is 0. The van der Waals surface area contributed by atoms with Crippen LogP contribution in [0.5, 0.6) is 0 Å². The molecule has 0 saturated carbocycles. The summed E-state index contributed by atoms with van der Waals surface area (Å²) >= 11 is 0. The molecule has 1 heteroatoms. The third-order valence-corrected chi connectivity index (χ3v) is 5.11. The van der Waals surface area contributed by atoms with Crippen LogP contribution < -0.4 is 0 Å². The summed E-state index contributed by atoms with van der Waals surface area (Å²) in [6.07, 6.45) is 9.00. The Balaban J connectivity index is 1.55. The minimum atomic E-state index is 0.885. The van der Waals surface area contributed by atoms with Gasteiger partial charge in [-0.2, -0.15) is 0 Å². The van der Waals surface area contributed by atoms with E-state index in [9.17, 15) is 0 Å². The molecule has 1 aliphatic carbocycles. The minimum Gasteiger partial charge on any atom is -0.264 e. The molecule has 1 aromatic heterocycles. The molecule has 0 fully saturated rings. The molecule has 0 saturated heterocycles. The summed E-state index contributed by atoms with van der Waals surface area (Å²) in [7, 11) is 0. The number of nitrogens with zero attached hydrogens (tertiary/aromatic N) is 1.